The number of rotatable bonds is 6. The van der Waals surface area contributed by atoms with Crippen LogP contribution in [0.4, 0.5) is 0 Å². The number of carbonyl (C=O) groups excluding carboxylic acids is 1. The summed E-state index contributed by atoms with van der Waals surface area (Å²) in [5, 5.41) is 3.07. The van der Waals surface area contributed by atoms with E-state index < -0.39 is 0 Å². The van der Waals surface area contributed by atoms with Gasteiger partial charge >= 0.3 is 0 Å². The molecule has 0 saturated carbocycles. The molecule has 0 aliphatic heterocycles. The summed E-state index contributed by atoms with van der Waals surface area (Å²) in [5.41, 5.74) is 1.02. The molecule has 1 rings (SSSR count). The average Bonchev–Trinajstić information content (AvgIpc) is 2.24. The molecule has 0 heterocycles. The van der Waals surface area contributed by atoms with E-state index >= 15 is 0 Å². The zero-order valence-electron chi connectivity index (χ0n) is 9.88. The summed E-state index contributed by atoms with van der Waals surface area (Å²) in [5.74, 6) is 0.0605. The van der Waals surface area contributed by atoms with E-state index in [1.807, 2.05) is 31.2 Å². The van der Waals surface area contributed by atoms with Crippen LogP contribution in [0.15, 0.2) is 28.7 Å². The standard InChI is InChI=1S/C13H17BrClNO/c1-10(15)4-3-7-16-13(17)9-11-5-2-6-12(14)8-11/h2,5-6,8,10H,3-4,7,9H2,1H3,(H,16,17). The predicted molar refractivity (Wildman–Crippen MR) is 75.4 cm³/mol. The monoisotopic (exact) mass is 317 g/mol. The van der Waals surface area contributed by atoms with Crippen molar-refractivity contribution < 1.29 is 4.79 Å². The van der Waals surface area contributed by atoms with E-state index in [4.69, 9.17) is 11.6 Å². The van der Waals surface area contributed by atoms with E-state index in [1.165, 1.54) is 0 Å². The van der Waals surface area contributed by atoms with Crippen LogP contribution in [0, 0.1) is 0 Å². The first-order valence-electron chi connectivity index (χ1n) is 5.73. The Morgan fingerprint density at radius 1 is 1.53 bits per heavy atom. The van der Waals surface area contributed by atoms with E-state index in [9.17, 15) is 4.79 Å². The third-order valence-corrected chi connectivity index (χ3v) is 3.07. The Kier molecular flexibility index (Phi) is 6.60. The van der Waals surface area contributed by atoms with Gasteiger partial charge in [0.1, 0.15) is 0 Å². The molecule has 17 heavy (non-hydrogen) atoms. The molecule has 0 bridgehead atoms. The molecule has 0 fully saturated rings. The smallest absolute Gasteiger partial charge is 0.224 e. The van der Waals surface area contributed by atoms with Gasteiger partial charge in [-0.2, -0.15) is 0 Å². The highest BCUT2D eigenvalue weighted by atomic mass is 79.9. The molecule has 1 aromatic rings. The van der Waals surface area contributed by atoms with Crippen LogP contribution >= 0.6 is 27.5 Å². The summed E-state index contributed by atoms with van der Waals surface area (Å²) in [6.07, 6.45) is 2.28. The number of hydrogen-bond acceptors (Lipinski definition) is 1. The summed E-state index contributed by atoms with van der Waals surface area (Å²) in [6.45, 7) is 2.66. The number of alkyl halides is 1. The summed E-state index contributed by atoms with van der Waals surface area (Å²) in [6, 6.07) is 7.79. The third kappa shape index (κ3) is 6.69. The molecule has 0 aliphatic carbocycles. The third-order valence-electron chi connectivity index (χ3n) is 2.35. The van der Waals surface area contributed by atoms with E-state index in [-0.39, 0.29) is 11.3 Å². The molecule has 2 nitrogen and oxygen atoms in total. The topological polar surface area (TPSA) is 29.1 Å². The Labute approximate surface area is 116 Å². The second-order valence-electron chi connectivity index (χ2n) is 4.08. The minimum atomic E-state index is 0.0605. The van der Waals surface area contributed by atoms with Crippen LogP contribution in [-0.2, 0) is 11.2 Å². The SMILES string of the molecule is CC(Cl)CCCNC(=O)Cc1cccc(Br)c1. The number of carbonyl (C=O) groups is 1. The fourth-order valence-electron chi connectivity index (χ4n) is 1.51. The zero-order chi connectivity index (χ0) is 12.7. The molecule has 0 radical (unpaired) electrons. The molecular formula is C13H17BrClNO. The molecule has 0 aromatic heterocycles. The average molecular weight is 319 g/mol. The lowest BCUT2D eigenvalue weighted by molar-refractivity contribution is -0.120. The molecule has 1 unspecified atom stereocenters. The first-order chi connectivity index (χ1) is 8.08. The van der Waals surface area contributed by atoms with Gasteiger partial charge < -0.3 is 5.32 Å². The van der Waals surface area contributed by atoms with Crippen molar-refractivity contribution in [1.29, 1.82) is 0 Å². The van der Waals surface area contributed by atoms with Crippen molar-refractivity contribution in [3.63, 3.8) is 0 Å². The fraction of sp³-hybridized carbons (Fsp3) is 0.462. The van der Waals surface area contributed by atoms with Crippen LogP contribution < -0.4 is 5.32 Å². The quantitative estimate of drug-likeness (QED) is 0.631. The Morgan fingerprint density at radius 3 is 2.94 bits per heavy atom. The van der Waals surface area contributed by atoms with Crippen molar-refractivity contribution >= 4 is 33.4 Å². The number of halogens is 2. The number of amides is 1. The number of nitrogens with one attached hydrogen (secondary N) is 1. The van der Waals surface area contributed by atoms with E-state index in [0.717, 1.165) is 22.9 Å². The number of benzene rings is 1. The van der Waals surface area contributed by atoms with Gasteiger partial charge in [0.2, 0.25) is 5.91 Å². The highest BCUT2D eigenvalue weighted by Crippen LogP contribution is 2.11. The molecule has 0 spiro atoms. The number of hydrogen-bond donors (Lipinski definition) is 1. The zero-order valence-corrected chi connectivity index (χ0v) is 12.2. The normalized spacial score (nSPS) is 12.2. The Hall–Kier alpha value is -0.540. The Bertz CT molecular complexity index is 368. The molecule has 1 atom stereocenters. The van der Waals surface area contributed by atoms with Crippen molar-refractivity contribution in [2.45, 2.75) is 31.6 Å². The molecule has 1 aromatic carbocycles. The van der Waals surface area contributed by atoms with E-state index in [2.05, 4.69) is 21.2 Å². The largest absolute Gasteiger partial charge is 0.356 e. The lowest BCUT2D eigenvalue weighted by Crippen LogP contribution is -2.26. The van der Waals surface area contributed by atoms with Gasteiger partial charge in [-0.3, -0.25) is 4.79 Å². The molecule has 1 amide bonds. The summed E-state index contributed by atoms with van der Waals surface area (Å²) >= 11 is 9.21. The lowest BCUT2D eigenvalue weighted by Gasteiger charge is -2.06. The second kappa shape index (κ2) is 7.72. The molecule has 4 heteroatoms. The molecule has 94 valence electrons. The van der Waals surface area contributed by atoms with Crippen molar-refractivity contribution in [2.24, 2.45) is 0 Å². The fourth-order valence-corrected chi connectivity index (χ4v) is 2.11. The van der Waals surface area contributed by atoms with Crippen molar-refractivity contribution in [3.8, 4) is 0 Å². The van der Waals surface area contributed by atoms with Crippen LogP contribution in [0.5, 0.6) is 0 Å². The maximum atomic E-state index is 11.6. The van der Waals surface area contributed by atoms with Crippen molar-refractivity contribution in [3.05, 3.63) is 34.3 Å². The lowest BCUT2D eigenvalue weighted by atomic mass is 10.1. The first-order valence-corrected chi connectivity index (χ1v) is 6.96. The molecule has 0 aliphatic rings. The van der Waals surface area contributed by atoms with Gasteiger partial charge in [0.05, 0.1) is 6.42 Å². The van der Waals surface area contributed by atoms with Gasteiger partial charge in [0, 0.05) is 16.4 Å². The minimum absolute atomic E-state index is 0.0605. The maximum absolute atomic E-state index is 11.6. The van der Waals surface area contributed by atoms with Crippen molar-refractivity contribution in [1.82, 2.24) is 5.32 Å². The Balaban J connectivity index is 2.25. The van der Waals surface area contributed by atoms with Gasteiger partial charge in [-0.05, 0) is 37.5 Å². The van der Waals surface area contributed by atoms with E-state index in [0.29, 0.717) is 13.0 Å². The van der Waals surface area contributed by atoms with E-state index in [1.54, 1.807) is 0 Å². The highest BCUT2D eigenvalue weighted by molar-refractivity contribution is 9.10. The van der Waals surface area contributed by atoms with Crippen LogP contribution in [0.3, 0.4) is 0 Å². The predicted octanol–water partition coefficient (Wildman–Crippen LogP) is 3.52. The second-order valence-corrected chi connectivity index (χ2v) is 5.74. The minimum Gasteiger partial charge on any atom is -0.356 e. The first kappa shape index (κ1) is 14.5. The summed E-state index contributed by atoms with van der Waals surface area (Å²) in [4.78, 5) is 11.6. The molecule has 1 N–H and O–H groups in total. The van der Waals surface area contributed by atoms with Gasteiger partial charge in [0.15, 0.2) is 0 Å². The van der Waals surface area contributed by atoms with Gasteiger partial charge in [-0.1, -0.05) is 28.1 Å². The van der Waals surface area contributed by atoms with Crippen LogP contribution in [0.25, 0.3) is 0 Å². The maximum Gasteiger partial charge on any atom is 0.224 e. The molecule has 0 saturated heterocycles. The van der Waals surface area contributed by atoms with Crippen LogP contribution in [0.2, 0.25) is 0 Å². The van der Waals surface area contributed by atoms with Crippen LogP contribution in [0.1, 0.15) is 25.3 Å². The van der Waals surface area contributed by atoms with Gasteiger partial charge in [-0.25, -0.2) is 0 Å². The summed E-state index contributed by atoms with van der Waals surface area (Å²) in [7, 11) is 0. The van der Waals surface area contributed by atoms with Crippen molar-refractivity contribution in [2.75, 3.05) is 6.54 Å². The highest BCUT2D eigenvalue weighted by Gasteiger charge is 2.03. The summed E-state index contributed by atoms with van der Waals surface area (Å²) < 4.78 is 0.999. The van der Waals surface area contributed by atoms with Gasteiger partial charge in [0.25, 0.3) is 0 Å². The van der Waals surface area contributed by atoms with Crippen LogP contribution in [-0.4, -0.2) is 17.8 Å². The molecular weight excluding hydrogens is 302 g/mol. The Morgan fingerprint density at radius 2 is 2.29 bits per heavy atom. The van der Waals surface area contributed by atoms with Gasteiger partial charge in [-0.15, -0.1) is 11.6 Å².